The smallest absolute Gasteiger partial charge is 0.201 e. The first-order valence-electron chi connectivity index (χ1n) is 6.29. The molecule has 0 aliphatic carbocycles. The van der Waals surface area contributed by atoms with Crippen LogP contribution in [0.4, 0.5) is 10.3 Å². The van der Waals surface area contributed by atoms with E-state index in [0.717, 1.165) is 21.1 Å². The van der Waals surface area contributed by atoms with Crippen molar-refractivity contribution in [1.29, 1.82) is 0 Å². The van der Waals surface area contributed by atoms with E-state index in [2.05, 4.69) is 20.9 Å². The molecule has 0 saturated carbocycles. The number of nitrogens with zero attached hydrogens (tertiary/aromatic N) is 2. The fraction of sp³-hybridized carbons (Fsp3) is 0.133. The third-order valence-electron chi connectivity index (χ3n) is 3.25. The summed E-state index contributed by atoms with van der Waals surface area (Å²) in [6.45, 7) is 0.674. The number of aryl methyl sites for hydroxylation is 2. The largest absolute Gasteiger partial charge is 0.369 e. The van der Waals surface area contributed by atoms with Crippen molar-refractivity contribution in [1.82, 2.24) is 9.55 Å². The van der Waals surface area contributed by atoms with E-state index < -0.39 is 0 Å². The molecule has 0 radical (unpaired) electrons. The lowest BCUT2D eigenvalue weighted by molar-refractivity contribution is 0.623. The molecule has 3 aromatic rings. The highest BCUT2D eigenvalue weighted by molar-refractivity contribution is 9.10. The Morgan fingerprint density at radius 1 is 1.20 bits per heavy atom. The molecule has 5 heteroatoms. The highest BCUT2D eigenvalue weighted by Gasteiger charge is 2.08. The lowest BCUT2D eigenvalue weighted by Gasteiger charge is -2.07. The second-order valence-electron chi connectivity index (χ2n) is 4.63. The number of hydrogen-bond donors (Lipinski definition) is 1. The summed E-state index contributed by atoms with van der Waals surface area (Å²) in [5.74, 6) is 0.268. The van der Waals surface area contributed by atoms with E-state index in [-0.39, 0.29) is 5.82 Å². The number of benzene rings is 2. The molecule has 20 heavy (non-hydrogen) atoms. The second-order valence-corrected chi connectivity index (χ2v) is 5.55. The van der Waals surface area contributed by atoms with Crippen molar-refractivity contribution < 1.29 is 4.39 Å². The third-order valence-corrected chi connectivity index (χ3v) is 3.75. The van der Waals surface area contributed by atoms with Crippen LogP contribution >= 0.6 is 15.9 Å². The van der Waals surface area contributed by atoms with Crippen molar-refractivity contribution in [2.45, 2.75) is 13.0 Å². The molecule has 0 spiro atoms. The topological polar surface area (TPSA) is 43.8 Å². The Kier molecular flexibility index (Phi) is 3.44. The molecule has 3 nitrogen and oxygen atoms in total. The van der Waals surface area contributed by atoms with Crippen LogP contribution in [-0.2, 0) is 13.0 Å². The zero-order valence-corrected chi connectivity index (χ0v) is 12.3. The number of aromatic nitrogens is 2. The van der Waals surface area contributed by atoms with Gasteiger partial charge in [-0.2, -0.15) is 0 Å². The molecule has 2 aromatic carbocycles. The zero-order valence-electron chi connectivity index (χ0n) is 10.7. The van der Waals surface area contributed by atoms with Gasteiger partial charge in [0.15, 0.2) is 0 Å². The van der Waals surface area contributed by atoms with Crippen LogP contribution < -0.4 is 5.73 Å². The van der Waals surface area contributed by atoms with Crippen LogP contribution in [0.1, 0.15) is 5.56 Å². The van der Waals surface area contributed by atoms with Gasteiger partial charge in [0, 0.05) is 11.0 Å². The summed E-state index contributed by atoms with van der Waals surface area (Å²) in [6, 6.07) is 12.5. The Morgan fingerprint density at radius 3 is 2.85 bits per heavy atom. The first kappa shape index (κ1) is 13.1. The number of imidazole rings is 1. The summed E-state index contributed by atoms with van der Waals surface area (Å²) in [7, 11) is 0. The minimum Gasteiger partial charge on any atom is -0.369 e. The average molecular weight is 334 g/mol. The summed E-state index contributed by atoms with van der Waals surface area (Å²) in [4.78, 5) is 4.34. The van der Waals surface area contributed by atoms with E-state index in [1.165, 1.54) is 6.07 Å². The van der Waals surface area contributed by atoms with Crippen molar-refractivity contribution in [3.63, 3.8) is 0 Å². The number of rotatable bonds is 3. The summed E-state index contributed by atoms with van der Waals surface area (Å²) >= 11 is 3.42. The van der Waals surface area contributed by atoms with Gasteiger partial charge in [-0.1, -0.05) is 28.1 Å². The van der Waals surface area contributed by atoms with Crippen LogP contribution in [-0.4, -0.2) is 9.55 Å². The van der Waals surface area contributed by atoms with Crippen molar-refractivity contribution in [2.24, 2.45) is 0 Å². The van der Waals surface area contributed by atoms with Gasteiger partial charge in [0.1, 0.15) is 5.82 Å². The molecule has 102 valence electrons. The number of anilines is 1. The molecule has 0 amide bonds. The lowest BCUT2D eigenvalue weighted by atomic mass is 10.1. The van der Waals surface area contributed by atoms with Crippen molar-refractivity contribution in [2.75, 3.05) is 5.73 Å². The maximum atomic E-state index is 13.2. The summed E-state index contributed by atoms with van der Waals surface area (Å²) in [6.07, 6.45) is 0.712. The molecule has 0 atom stereocenters. The first-order valence-corrected chi connectivity index (χ1v) is 7.08. The highest BCUT2D eigenvalue weighted by Crippen LogP contribution is 2.22. The molecular weight excluding hydrogens is 321 g/mol. The van der Waals surface area contributed by atoms with Crippen molar-refractivity contribution in [3.05, 3.63) is 58.3 Å². The molecule has 2 N–H and O–H groups in total. The molecule has 3 rings (SSSR count). The van der Waals surface area contributed by atoms with Gasteiger partial charge in [-0.3, -0.25) is 0 Å². The van der Waals surface area contributed by atoms with Crippen LogP contribution in [0.5, 0.6) is 0 Å². The van der Waals surface area contributed by atoms with Gasteiger partial charge in [-0.25, -0.2) is 9.37 Å². The van der Waals surface area contributed by atoms with Gasteiger partial charge < -0.3 is 10.3 Å². The molecule has 0 unspecified atom stereocenters. The zero-order chi connectivity index (χ0) is 14.1. The third kappa shape index (κ3) is 2.54. The van der Waals surface area contributed by atoms with Crippen molar-refractivity contribution in [3.8, 4) is 0 Å². The Morgan fingerprint density at radius 2 is 2.05 bits per heavy atom. The van der Waals surface area contributed by atoms with E-state index in [4.69, 9.17) is 5.73 Å². The number of nitrogen functional groups attached to an aromatic ring is 1. The number of fused-ring (bicyclic) bond motifs is 1. The number of halogens is 2. The molecule has 0 fully saturated rings. The van der Waals surface area contributed by atoms with Crippen LogP contribution in [0, 0.1) is 5.82 Å². The summed E-state index contributed by atoms with van der Waals surface area (Å²) in [5.41, 5.74) is 8.75. The summed E-state index contributed by atoms with van der Waals surface area (Å²) < 4.78 is 16.1. The maximum Gasteiger partial charge on any atom is 0.201 e. The van der Waals surface area contributed by atoms with E-state index in [1.807, 2.05) is 28.8 Å². The Labute approximate surface area is 124 Å². The Bertz CT molecular complexity index is 767. The predicted molar refractivity (Wildman–Crippen MR) is 81.9 cm³/mol. The SMILES string of the molecule is Nc1nc2cc(Br)ccc2n1CCc1cccc(F)c1. The molecule has 1 aromatic heterocycles. The normalized spacial score (nSPS) is 11.1. The quantitative estimate of drug-likeness (QED) is 0.793. The van der Waals surface area contributed by atoms with E-state index in [0.29, 0.717) is 18.9 Å². The molecule has 1 heterocycles. The van der Waals surface area contributed by atoms with Crippen LogP contribution in [0.3, 0.4) is 0 Å². The predicted octanol–water partition coefficient (Wildman–Crippen LogP) is 3.76. The minimum absolute atomic E-state index is 0.213. The van der Waals surface area contributed by atoms with Gasteiger partial charge in [0.05, 0.1) is 11.0 Å². The van der Waals surface area contributed by atoms with Crippen LogP contribution in [0.25, 0.3) is 11.0 Å². The standard InChI is InChI=1S/C15H13BrFN3/c16-11-4-5-14-13(9-11)19-15(18)20(14)7-6-10-2-1-3-12(17)8-10/h1-5,8-9H,6-7H2,(H2,18,19). The van der Waals surface area contributed by atoms with Gasteiger partial charge >= 0.3 is 0 Å². The van der Waals surface area contributed by atoms with E-state index in [1.54, 1.807) is 12.1 Å². The van der Waals surface area contributed by atoms with E-state index >= 15 is 0 Å². The second kappa shape index (κ2) is 5.25. The molecule has 0 aliphatic rings. The average Bonchev–Trinajstić information content (AvgIpc) is 2.71. The van der Waals surface area contributed by atoms with Gasteiger partial charge in [-0.05, 0) is 42.3 Å². The fourth-order valence-corrected chi connectivity index (χ4v) is 2.64. The van der Waals surface area contributed by atoms with Crippen molar-refractivity contribution >= 4 is 32.9 Å². The molecule has 0 saturated heterocycles. The lowest BCUT2D eigenvalue weighted by Crippen LogP contribution is -2.05. The Hall–Kier alpha value is -1.88. The first-order chi connectivity index (χ1) is 9.63. The van der Waals surface area contributed by atoms with Gasteiger partial charge in [0.2, 0.25) is 5.95 Å². The summed E-state index contributed by atoms with van der Waals surface area (Å²) in [5, 5.41) is 0. The number of hydrogen-bond acceptors (Lipinski definition) is 2. The van der Waals surface area contributed by atoms with E-state index in [9.17, 15) is 4.39 Å². The minimum atomic E-state index is -0.213. The highest BCUT2D eigenvalue weighted by atomic mass is 79.9. The molecule has 0 bridgehead atoms. The maximum absolute atomic E-state index is 13.2. The molecule has 0 aliphatic heterocycles. The van der Waals surface area contributed by atoms with Gasteiger partial charge in [-0.15, -0.1) is 0 Å². The van der Waals surface area contributed by atoms with Gasteiger partial charge in [0.25, 0.3) is 0 Å². The molecular formula is C15H13BrFN3. The van der Waals surface area contributed by atoms with Crippen LogP contribution in [0.15, 0.2) is 46.9 Å². The van der Waals surface area contributed by atoms with Crippen LogP contribution in [0.2, 0.25) is 0 Å². The number of nitrogens with two attached hydrogens (primary N) is 1. The monoisotopic (exact) mass is 333 g/mol. The fourth-order valence-electron chi connectivity index (χ4n) is 2.29. The Balaban J connectivity index is 1.89.